The van der Waals surface area contributed by atoms with E-state index < -0.39 is 0 Å². The fourth-order valence-corrected chi connectivity index (χ4v) is 4.82. The average molecular weight is 357 g/mol. The van der Waals surface area contributed by atoms with Crippen LogP contribution in [0.3, 0.4) is 0 Å². The van der Waals surface area contributed by atoms with Crippen molar-refractivity contribution in [2.24, 2.45) is 5.41 Å². The molecule has 142 valence electrons. The van der Waals surface area contributed by atoms with Gasteiger partial charge in [-0.15, -0.1) is 0 Å². The molecule has 0 unspecified atom stereocenters. The van der Waals surface area contributed by atoms with E-state index in [0.717, 1.165) is 32.2 Å². The second-order valence-electron chi connectivity index (χ2n) is 8.21. The molecule has 1 aliphatic carbocycles. The van der Waals surface area contributed by atoms with E-state index in [0.29, 0.717) is 19.4 Å². The maximum Gasteiger partial charge on any atom is 0.223 e. The number of carbonyl (C=O) groups excluding carboxylic acids is 2. The molecule has 0 aromatic heterocycles. The zero-order valence-corrected chi connectivity index (χ0v) is 16.3. The first-order chi connectivity index (χ1) is 12.4. The van der Waals surface area contributed by atoms with Gasteiger partial charge in [0.2, 0.25) is 11.8 Å². The Hall–Kier alpha value is -1.88. The maximum absolute atomic E-state index is 12.5. The second-order valence-corrected chi connectivity index (χ2v) is 8.21. The Kier molecular flexibility index (Phi) is 5.37. The second kappa shape index (κ2) is 7.39. The highest BCUT2D eigenvalue weighted by atomic mass is 16.2. The van der Waals surface area contributed by atoms with Crippen LogP contribution in [0.2, 0.25) is 0 Å². The lowest BCUT2D eigenvalue weighted by atomic mass is 9.64. The number of benzene rings is 1. The minimum absolute atomic E-state index is 0.00176. The van der Waals surface area contributed by atoms with Crippen LogP contribution >= 0.6 is 0 Å². The van der Waals surface area contributed by atoms with E-state index in [-0.39, 0.29) is 22.8 Å². The van der Waals surface area contributed by atoms with Gasteiger partial charge in [0, 0.05) is 38.5 Å². The van der Waals surface area contributed by atoms with Crippen LogP contribution in [-0.4, -0.2) is 55.8 Å². The molecule has 1 aromatic rings. The molecule has 1 spiro atoms. The molecule has 1 aliphatic heterocycles. The quantitative estimate of drug-likeness (QED) is 0.880. The zero-order chi connectivity index (χ0) is 18.8. The number of nitrogens with one attached hydrogen (secondary N) is 1. The lowest BCUT2D eigenvalue weighted by Crippen LogP contribution is -2.47. The first-order valence-corrected chi connectivity index (χ1v) is 9.62. The third kappa shape index (κ3) is 3.50. The molecule has 1 heterocycles. The van der Waals surface area contributed by atoms with Crippen molar-refractivity contribution < 1.29 is 9.59 Å². The summed E-state index contributed by atoms with van der Waals surface area (Å²) in [6, 6.07) is 10.8. The van der Waals surface area contributed by atoms with Gasteiger partial charge in [-0.1, -0.05) is 30.3 Å². The lowest BCUT2D eigenvalue weighted by Gasteiger charge is -2.48. The summed E-state index contributed by atoms with van der Waals surface area (Å²) in [5, 5.41) is 2.63. The molecule has 2 aliphatic rings. The lowest BCUT2D eigenvalue weighted by molar-refractivity contribution is -0.128. The Morgan fingerprint density at radius 3 is 2.38 bits per heavy atom. The van der Waals surface area contributed by atoms with Gasteiger partial charge >= 0.3 is 0 Å². The number of amides is 2. The molecule has 2 amide bonds. The van der Waals surface area contributed by atoms with Crippen molar-refractivity contribution in [2.75, 3.05) is 34.2 Å². The summed E-state index contributed by atoms with van der Waals surface area (Å²) in [7, 11) is 5.97. The summed E-state index contributed by atoms with van der Waals surface area (Å²) >= 11 is 0. The molecule has 0 atom stereocenters. The van der Waals surface area contributed by atoms with E-state index >= 15 is 0 Å². The van der Waals surface area contributed by atoms with Crippen LogP contribution in [0.25, 0.3) is 0 Å². The van der Waals surface area contributed by atoms with Gasteiger partial charge in [-0.3, -0.25) is 14.5 Å². The third-order valence-corrected chi connectivity index (χ3v) is 6.60. The Balaban J connectivity index is 1.69. The van der Waals surface area contributed by atoms with Gasteiger partial charge in [-0.25, -0.2) is 0 Å². The highest BCUT2D eigenvalue weighted by Gasteiger charge is 2.49. The van der Waals surface area contributed by atoms with Crippen molar-refractivity contribution >= 4 is 11.8 Å². The molecule has 3 rings (SSSR count). The van der Waals surface area contributed by atoms with Gasteiger partial charge < -0.3 is 10.2 Å². The van der Waals surface area contributed by atoms with Crippen LogP contribution in [0.4, 0.5) is 0 Å². The minimum atomic E-state index is -0.00176. The van der Waals surface area contributed by atoms with Gasteiger partial charge in [-0.2, -0.15) is 0 Å². The molecule has 26 heavy (non-hydrogen) atoms. The van der Waals surface area contributed by atoms with Crippen molar-refractivity contribution in [3.63, 3.8) is 0 Å². The summed E-state index contributed by atoms with van der Waals surface area (Å²) in [6.45, 7) is 1.35. The number of rotatable bonds is 5. The number of nitrogens with zero attached hydrogens (tertiary/aromatic N) is 2. The molecule has 5 heteroatoms. The molecule has 0 bridgehead atoms. The van der Waals surface area contributed by atoms with Crippen LogP contribution in [0.5, 0.6) is 0 Å². The first-order valence-electron chi connectivity index (χ1n) is 9.62. The summed E-state index contributed by atoms with van der Waals surface area (Å²) in [6.07, 6.45) is 5.29. The maximum atomic E-state index is 12.5. The van der Waals surface area contributed by atoms with E-state index in [1.807, 2.05) is 4.90 Å². The molecule has 5 nitrogen and oxygen atoms in total. The van der Waals surface area contributed by atoms with Crippen molar-refractivity contribution in [1.82, 2.24) is 15.1 Å². The third-order valence-electron chi connectivity index (χ3n) is 6.60. The van der Waals surface area contributed by atoms with Crippen molar-refractivity contribution in [2.45, 2.75) is 44.1 Å². The van der Waals surface area contributed by atoms with Gasteiger partial charge in [0.25, 0.3) is 0 Å². The predicted octanol–water partition coefficient (Wildman–Crippen LogP) is 2.37. The summed E-state index contributed by atoms with van der Waals surface area (Å²) in [4.78, 5) is 28.3. The van der Waals surface area contributed by atoms with Crippen LogP contribution < -0.4 is 5.32 Å². The predicted molar refractivity (Wildman–Crippen MR) is 103 cm³/mol. The van der Waals surface area contributed by atoms with Crippen LogP contribution in [-0.2, 0) is 15.1 Å². The van der Waals surface area contributed by atoms with E-state index in [4.69, 9.17) is 0 Å². The number of hydrogen-bond donors (Lipinski definition) is 1. The first kappa shape index (κ1) is 18.9. The number of carbonyl (C=O) groups is 2. The monoisotopic (exact) mass is 357 g/mol. The Morgan fingerprint density at radius 2 is 1.81 bits per heavy atom. The van der Waals surface area contributed by atoms with Gasteiger partial charge in [0.05, 0.1) is 0 Å². The Morgan fingerprint density at radius 1 is 1.15 bits per heavy atom. The molecule has 1 aromatic carbocycles. The molecule has 1 saturated heterocycles. The largest absolute Gasteiger partial charge is 0.359 e. The van der Waals surface area contributed by atoms with Gasteiger partial charge in [0.15, 0.2) is 0 Å². The Labute approximate surface area is 156 Å². The Bertz CT molecular complexity index is 648. The van der Waals surface area contributed by atoms with Crippen molar-refractivity contribution in [3.05, 3.63) is 35.9 Å². The minimum Gasteiger partial charge on any atom is -0.359 e. The molecular weight excluding hydrogens is 326 g/mol. The van der Waals surface area contributed by atoms with E-state index in [9.17, 15) is 9.59 Å². The fourth-order valence-electron chi connectivity index (χ4n) is 4.82. The fraction of sp³-hybridized carbons (Fsp3) is 0.619. The summed E-state index contributed by atoms with van der Waals surface area (Å²) in [5.41, 5.74) is 1.53. The standard InChI is InChI=1S/C21H31N3O2/c1-22-18(25)9-14-24-16-20(15-19(24)26)10-12-21(13-11-20,23(2)3)17-7-5-4-6-8-17/h4-8H,9-16H2,1-3H3,(H,22,25)/t20-,21-. The van der Waals surface area contributed by atoms with Crippen LogP contribution in [0.15, 0.2) is 30.3 Å². The number of hydrogen-bond acceptors (Lipinski definition) is 3. The molecule has 1 N–H and O–H groups in total. The van der Waals surface area contributed by atoms with Crippen molar-refractivity contribution in [3.8, 4) is 0 Å². The van der Waals surface area contributed by atoms with E-state index in [1.165, 1.54) is 5.56 Å². The topological polar surface area (TPSA) is 52.7 Å². The highest BCUT2D eigenvalue weighted by molar-refractivity contribution is 5.81. The van der Waals surface area contributed by atoms with Crippen molar-refractivity contribution in [1.29, 1.82) is 0 Å². The average Bonchev–Trinajstić information content (AvgIpc) is 2.96. The number of likely N-dealkylation sites (tertiary alicyclic amines) is 1. The molecule has 2 fully saturated rings. The SMILES string of the molecule is CNC(=O)CCN1C[C@]2(CC[C@](c3ccccc3)(N(C)C)CC2)CC1=O. The zero-order valence-electron chi connectivity index (χ0n) is 16.3. The van der Waals surface area contributed by atoms with Crippen LogP contribution in [0, 0.1) is 5.41 Å². The molecular formula is C21H31N3O2. The van der Waals surface area contributed by atoms with Crippen LogP contribution in [0.1, 0.15) is 44.1 Å². The summed E-state index contributed by atoms with van der Waals surface area (Å²) < 4.78 is 0. The summed E-state index contributed by atoms with van der Waals surface area (Å²) in [5.74, 6) is 0.212. The van der Waals surface area contributed by atoms with Gasteiger partial charge in [0.1, 0.15) is 0 Å². The molecule has 0 radical (unpaired) electrons. The normalized spacial score (nSPS) is 28.8. The van der Waals surface area contributed by atoms with Gasteiger partial charge in [-0.05, 0) is 50.8 Å². The van der Waals surface area contributed by atoms with E-state index in [1.54, 1.807) is 7.05 Å². The molecule has 1 saturated carbocycles. The smallest absolute Gasteiger partial charge is 0.223 e. The highest BCUT2D eigenvalue weighted by Crippen LogP contribution is 2.52. The van der Waals surface area contributed by atoms with E-state index in [2.05, 4.69) is 54.6 Å².